The van der Waals surface area contributed by atoms with E-state index in [1.165, 1.54) is 0 Å². The Morgan fingerprint density at radius 1 is 1.00 bits per heavy atom. The summed E-state index contributed by atoms with van der Waals surface area (Å²) in [6.07, 6.45) is 1.97. The van der Waals surface area contributed by atoms with E-state index in [0.717, 1.165) is 16.7 Å². The van der Waals surface area contributed by atoms with Gasteiger partial charge in [0, 0.05) is 5.56 Å². The van der Waals surface area contributed by atoms with E-state index in [1.807, 2.05) is 18.2 Å². The highest BCUT2D eigenvalue weighted by Gasteiger charge is 2.17. The lowest BCUT2D eigenvalue weighted by molar-refractivity contribution is 0.362. The minimum atomic E-state index is 0.0156. The molecule has 1 aliphatic heterocycles. The molecule has 2 aromatic rings. The molecule has 0 aliphatic carbocycles. The van der Waals surface area contributed by atoms with Crippen molar-refractivity contribution in [2.45, 2.75) is 0 Å². The predicted molar refractivity (Wildman–Crippen MR) is 74.6 cm³/mol. The number of fused-ring (bicyclic) bond motifs is 1. The molecule has 0 radical (unpaired) electrons. The second-order valence-corrected chi connectivity index (χ2v) is 4.70. The average molecular weight is 275 g/mol. The predicted octanol–water partition coefficient (Wildman–Crippen LogP) is 3.68. The molecule has 0 unspecified atom stereocenters. The normalized spacial score (nSPS) is 13.4. The van der Waals surface area contributed by atoms with Crippen LogP contribution in [0.4, 0.5) is 0 Å². The number of ether oxygens (including phenoxy) is 1. The van der Waals surface area contributed by atoms with Crippen molar-refractivity contribution >= 4 is 23.3 Å². The van der Waals surface area contributed by atoms with Gasteiger partial charge in [-0.3, -0.25) is 0 Å². The Morgan fingerprint density at radius 2 is 1.74 bits per heavy atom. The third-order valence-electron chi connectivity index (χ3n) is 3.05. The van der Waals surface area contributed by atoms with Crippen molar-refractivity contribution in [2.75, 3.05) is 6.61 Å². The largest absolute Gasteiger partial charge is 0.508 e. The van der Waals surface area contributed by atoms with Crippen LogP contribution < -0.4 is 4.74 Å². The number of benzene rings is 2. The van der Waals surface area contributed by atoms with Crippen LogP contribution in [0.25, 0.3) is 11.6 Å². The number of aromatic hydroxyl groups is 2. The Bertz CT molecular complexity index is 660. The topological polar surface area (TPSA) is 49.7 Å². The second-order valence-electron chi connectivity index (χ2n) is 4.32. The van der Waals surface area contributed by atoms with Gasteiger partial charge < -0.3 is 14.9 Å². The van der Waals surface area contributed by atoms with Crippen molar-refractivity contribution in [1.82, 2.24) is 0 Å². The van der Waals surface area contributed by atoms with Gasteiger partial charge >= 0.3 is 0 Å². The van der Waals surface area contributed by atoms with Gasteiger partial charge in [-0.15, -0.1) is 0 Å². The Morgan fingerprint density at radius 3 is 2.47 bits per heavy atom. The Kier molecular flexibility index (Phi) is 2.84. The zero-order valence-electron chi connectivity index (χ0n) is 9.93. The minimum absolute atomic E-state index is 0.0156. The fraction of sp³-hybridized carbons (Fsp3) is 0.0667. The van der Waals surface area contributed by atoms with Crippen molar-refractivity contribution in [2.24, 2.45) is 0 Å². The highest BCUT2D eigenvalue weighted by molar-refractivity contribution is 6.33. The van der Waals surface area contributed by atoms with Crippen LogP contribution in [-0.4, -0.2) is 16.8 Å². The molecule has 3 rings (SSSR count). The van der Waals surface area contributed by atoms with Gasteiger partial charge in [-0.25, -0.2) is 0 Å². The van der Waals surface area contributed by atoms with Crippen molar-refractivity contribution in [3.05, 3.63) is 52.5 Å². The quantitative estimate of drug-likeness (QED) is 0.834. The van der Waals surface area contributed by atoms with E-state index >= 15 is 0 Å². The molecule has 3 nitrogen and oxygen atoms in total. The number of halogens is 1. The minimum Gasteiger partial charge on any atom is -0.508 e. The number of phenolic OH excluding ortho intramolecular Hbond substituents is 2. The molecule has 1 aliphatic rings. The van der Waals surface area contributed by atoms with E-state index < -0.39 is 0 Å². The summed E-state index contributed by atoms with van der Waals surface area (Å²) in [6.45, 7) is 0.376. The van der Waals surface area contributed by atoms with Crippen LogP contribution in [-0.2, 0) is 0 Å². The maximum Gasteiger partial charge on any atom is 0.149 e. The molecule has 0 atom stereocenters. The van der Waals surface area contributed by atoms with E-state index in [1.54, 1.807) is 24.3 Å². The summed E-state index contributed by atoms with van der Waals surface area (Å²) in [5.41, 5.74) is 2.80. The van der Waals surface area contributed by atoms with Crippen LogP contribution in [0.15, 0.2) is 36.4 Å². The first-order chi connectivity index (χ1) is 9.15. The fourth-order valence-corrected chi connectivity index (χ4v) is 2.27. The van der Waals surface area contributed by atoms with E-state index in [2.05, 4.69) is 0 Å². The number of hydrogen-bond donors (Lipinski definition) is 2. The first-order valence-electron chi connectivity index (χ1n) is 5.79. The van der Waals surface area contributed by atoms with E-state index in [-0.39, 0.29) is 16.5 Å². The lowest BCUT2D eigenvalue weighted by atomic mass is 10.0. The monoisotopic (exact) mass is 274 g/mol. The van der Waals surface area contributed by atoms with Crippen LogP contribution in [0.1, 0.15) is 11.1 Å². The second kappa shape index (κ2) is 4.52. The number of rotatable bonds is 1. The highest BCUT2D eigenvalue weighted by atomic mass is 35.5. The van der Waals surface area contributed by atoms with Gasteiger partial charge in [-0.1, -0.05) is 23.7 Å². The zero-order chi connectivity index (χ0) is 13.4. The molecule has 0 fully saturated rings. The summed E-state index contributed by atoms with van der Waals surface area (Å²) < 4.78 is 5.61. The molecular weight excluding hydrogens is 264 g/mol. The standard InChI is InChI=1S/C15H11ClO3/c16-14-13(18)6-3-10-7-11(8-19-15(10)14)9-1-4-12(17)5-2-9/h1-7,17-18H,8H2. The lowest BCUT2D eigenvalue weighted by Crippen LogP contribution is -2.07. The summed E-state index contributed by atoms with van der Waals surface area (Å²) in [6, 6.07) is 10.2. The Labute approximate surface area is 115 Å². The summed E-state index contributed by atoms with van der Waals surface area (Å²) in [5, 5.41) is 19.0. The summed E-state index contributed by atoms with van der Waals surface area (Å²) in [7, 11) is 0. The first-order valence-corrected chi connectivity index (χ1v) is 6.17. The van der Waals surface area contributed by atoms with Gasteiger partial charge in [0.2, 0.25) is 0 Å². The molecule has 4 heteroatoms. The Balaban J connectivity index is 2.04. The maximum absolute atomic E-state index is 9.53. The molecule has 0 amide bonds. The van der Waals surface area contributed by atoms with Crippen molar-refractivity contribution < 1.29 is 14.9 Å². The van der Waals surface area contributed by atoms with Gasteiger partial charge in [0.15, 0.2) is 0 Å². The molecule has 0 bridgehead atoms. The number of phenols is 2. The lowest BCUT2D eigenvalue weighted by Gasteiger charge is -2.19. The molecule has 1 heterocycles. The van der Waals surface area contributed by atoms with Crippen LogP contribution in [0.5, 0.6) is 17.2 Å². The van der Waals surface area contributed by atoms with Crippen molar-refractivity contribution in [3.63, 3.8) is 0 Å². The molecule has 96 valence electrons. The summed E-state index contributed by atoms with van der Waals surface area (Å²) in [4.78, 5) is 0. The zero-order valence-corrected chi connectivity index (χ0v) is 10.7. The number of hydrogen-bond acceptors (Lipinski definition) is 3. The molecule has 0 aromatic heterocycles. The smallest absolute Gasteiger partial charge is 0.149 e. The molecule has 2 N–H and O–H groups in total. The fourth-order valence-electron chi connectivity index (χ4n) is 2.04. The van der Waals surface area contributed by atoms with E-state index in [0.29, 0.717) is 12.4 Å². The molecule has 2 aromatic carbocycles. The third-order valence-corrected chi connectivity index (χ3v) is 3.41. The van der Waals surface area contributed by atoms with Crippen LogP contribution in [0.3, 0.4) is 0 Å². The van der Waals surface area contributed by atoms with Gasteiger partial charge in [0.05, 0.1) is 0 Å². The van der Waals surface area contributed by atoms with Crippen molar-refractivity contribution in [3.8, 4) is 17.2 Å². The molecular formula is C15H11ClO3. The maximum atomic E-state index is 9.53. The van der Waals surface area contributed by atoms with Gasteiger partial charge in [0.1, 0.15) is 28.9 Å². The van der Waals surface area contributed by atoms with Crippen LogP contribution in [0.2, 0.25) is 5.02 Å². The van der Waals surface area contributed by atoms with Crippen LogP contribution in [0, 0.1) is 0 Å². The van der Waals surface area contributed by atoms with Crippen molar-refractivity contribution in [1.29, 1.82) is 0 Å². The van der Waals surface area contributed by atoms with Gasteiger partial charge in [0.25, 0.3) is 0 Å². The molecule has 19 heavy (non-hydrogen) atoms. The van der Waals surface area contributed by atoms with Crippen LogP contribution >= 0.6 is 11.6 Å². The molecule has 0 saturated heterocycles. The third kappa shape index (κ3) is 2.13. The SMILES string of the molecule is Oc1ccc(C2=Cc3ccc(O)c(Cl)c3OC2)cc1. The summed E-state index contributed by atoms with van der Waals surface area (Å²) in [5.74, 6) is 0.750. The summed E-state index contributed by atoms with van der Waals surface area (Å²) >= 11 is 5.99. The Hall–Kier alpha value is -2.13. The van der Waals surface area contributed by atoms with E-state index in [9.17, 15) is 10.2 Å². The molecule has 0 spiro atoms. The van der Waals surface area contributed by atoms with Gasteiger partial charge in [-0.05, 0) is 41.5 Å². The molecule has 0 saturated carbocycles. The first kappa shape index (κ1) is 11.9. The average Bonchev–Trinajstić information content (AvgIpc) is 2.43. The highest BCUT2D eigenvalue weighted by Crippen LogP contribution is 2.40. The van der Waals surface area contributed by atoms with E-state index in [4.69, 9.17) is 16.3 Å². The van der Waals surface area contributed by atoms with Gasteiger partial charge in [-0.2, -0.15) is 0 Å².